The summed E-state index contributed by atoms with van der Waals surface area (Å²) in [6.45, 7) is 0. The van der Waals surface area contributed by atoms with Crippen LogP contribution in [0.5, 0.6) is 0 Å². The van der Waals surface area contributed by atoms with E-state index in [1.54, 1.807) is 24.3 Å². The maximum Gasteiger partial charge on any atom is 0.251 e. The zero-order valence-corrected chi connectivity index (χ0v) is 19.5. The second-order valence-corrected chi connectivity index (χ2v) is 10.7. The minimum Gasteiger partial charge on any atom is -0.345 e. The summed E-state index contributed by atoms with van der Waals surface area (Å²) in [4.78, 5) is 38.2. The van der Waals surface area contributed by atoms with Crippen LogP contribution >= 0.6 is 0 Å². The fourth-order valence-corrected chi connectivity index (χ4v) is 7.04. The van der Waals surface area contributed by atoms with Gasteiger partial charge < -0.3 is 5.32 Å². The van der Waals surface area contributed by atoms with Crippen LogP contribution < -0.4 is 16.2 Å². The van der Waals surface area contributed by atoms with Gasteiger partial charge in [0.05, 0.1) is 12.5 Å². The first-order chi connectivity index (χ1) is 16.5. The normalized spacial score (nSPS) is 27.6. The van der Waals surface area contributed by atoms with E-state index in [1.807, 2.05) is 36.4 Å². The molecule has 4 bridgehead atoms. The highest BCUT2D eigenvalue weighted by Gasteiger charge is 2.51. The Morgan fingerprint density at radius 2 is 1.29 bits per heavy atom. The van der Waals surface area contributed by atoms with Gasteiger partial charge in [-0.2, -0.15) is 0 Å². The Bertz CT molecular complexity index is 1000. The number of nitrogens with one attached hydrogen (secondary N) is 3. The van der Waals surface area contributed by atoms with Crippen LogP contribution in [-0.2, 0) is 9.59 Å². The minimum absolute atomic E-state index is 0.0280. The van der Waals surface area contributed by atoms with Crippen molar-refractivity contribution in [3.8, 4) is 0 Å². The van der Waals surface area contributed by atoms with Gasteiger partial charge in [0, 0.05) is 12.0 Å². The highest BCUT2D eigenvalue weighted by Crippen LogP contribution is 2.61. The van der Waals surface area contributed by atoms with Crippen LogP contribution in [0.15, 0.2) is 60.7 Å². The molecular formula is C28H33N3O3. The first-order valence-corrected chi connectivity index (χ1v) is 12.5. The van der Waals surface area contributed by atoms with Crippen molar-refractivity contribution in [1.82, 2.24) is 16.2 Å². The molecule has 4 fully saturated rings. The summed E-state index contributed by atoms with van der Waals surface area (Å²) in [5.41, 5.74) is 6.73. The molecule has 34 heavy (non-hydrogen) atoms. The van der Waals surface area contributed by atoms with Crippen LogP contribution in [0.3, 0.4) is 0 Å². The Morgan fingerprint density at radius 3 is 1.88 bits per heavy atom. The van der Waals surface area contributed by atoms with E-state index in [9.17, 15) is 14.4 Å². The topological polar surface area (TPSA) is 87.3 Å². The molecule has 2 aromatic carbocycles. The molecule has 4 saturated carbocycles. The molecule has 1 atom stereocenters. The Kier molecular flexibility index (Phi) is 6.40. The van der Waals surface area contributed by atoms with Gasteiger partial charge in [0.2, 0.25) is 11.8 Å². The van der Waals surface area contributed by atoms with Crippen molar-refractivity contribution in [3.05, 3.63) is 71.8 Å². The summed E-state index contributed by atoms with van der Waals surface area (Å²) < 4.78 is 0. The van der Waals surface area contributed by atoms with Crippen molar-refractivity contribution >= 4 is 17.7 Å². The van der Waals surface area contributed by atoms with E-state index in [4.69, 9.17) is 0 Å². The second-order valence-electron chi connectivity index (χ2n) is 10.7. The fourth-order valence-electron chi connectivity index (χ4n) is 7.04. The van der Waals surface area contributed by atoms with Crippen LogP contribution in [0.4, 0.5) is 0 Å². The molecule has 4 aliphatic rings. The molecule has 3 N–H and O–H groups in total. The van der Waals surface area contributed by atoms with Gasteiger partial charge in [-0.05, 0) is 79.4 Å². The minimum atomic E-state index is -0.506. The van der Waals surface area contributed by atoms with Gasteiger partial charge in [-0.3, -0.25) is 25.2 Å². The second kappa shape index (κ2) is 9.61. The largest absolute Gasteiger partial charge is 0.345 e. The van der Waals surface area contributed by atoms with Crippen molar-refractivity contribution in [2.45, 2.75) is 57.4 Å². The number of carbonyl (C=O) groups excluding carboxylic acids is 3. The van der Waals surface area contributed by atoms with Crippen molar-refractivity contribution in [2.75, 3.05) is 0 Å². The van der Waals surface area contributed by atoms with Crippen molar-refractivity contribution in [3.63, 3.8) is 0 Å². The zero-order valence-electron chi connectivity index (χ0n) is 19.5. The average molecular weight is 460 g/mol. The number of benzene rings is 2. The molecule has 0 aliphatic heterocycles. The van der Waals surface area contributed by atoms with Gasteiger partial charge in [0.1, 0.15) is 0 Å². The number of carbonyl (C=O) groups is 3. The SMILES string of the molecule is O=C(CC(NC(=O)c1ccccc1)c1ccccc1)NNC(=O)CC12CC3CC(CC(C3)C1)C2. The Hall–Kier alpha value is -3.15. The van der Waals surface area contributed by atoms with Crippen LogP contribution in [-0.4, -0.2) is 17.7 Å². The molecule has 178 valence electrons. The molecule has 0 aromatic heterocycles. The summed E-state index contributed by atoms with van der Waals surface area (Å²) in [6, 6.07) is 17.8. The molecule has 6 nitrogen and oxygen atoms in total. The quantitative estimate of drug-likeness (QED) is 0.540. The zero-order chi connectivity index (χ0) is 23.5. The Balaban J connectivity index is 1.17. The van der Waals surface area contributed by atoms with Gasteiger partial charge >= 0.3 is 0 Å². The van der Waals surface area contributed by atoms with Gasteiger partial charge in [-0.15, -0.1) is 0 Å². The highest BCUT2D eigenvalue weighted by molar-refractivity contribution is 5.94. The first-order valence-electron chi connectivity index (χ1n) is 12.5. The third-order valence-corrected chi connectivity index (χ3v) is 7.97. The number of hydrazine groups is 1. The lowest BCUT2D eigenvalue weighted by atomic mass is 9.49. The van der Waals surface area contributed by atoms with Gasteiger partial charge in [-0.25, -0.2) is 0 Å². The number of hydrogen-bond acceptors (Lipinski definition) is 3. The van der Waals surface area contributed by atoms with Crippen LogP contribution in [0.1, 0.15) is 73.3 Å². The molecule has 0 saturated heterocycles. The van der Waals surface area contributed by atoms with Crippen LogP contribution in [0, 0.1) is 23.2 Å². The maximum absolute atomic E-state index is 12.8. The summed E-state index contributed by atoms with van der Waals surface area (Å²) in [7, 11) is 0. The van der Waals surface area contributed by atoms with Gasteiger partial charge in [0.25, 0.3) is 5.91 Å². The van der Waals surface area contributed by atoms with Gasteiger partial charge in [0.15, 0.2) is 0 Å². The molecule has 6 heteroatoms. The molecule has 4 aliphatic carbocycles. The van der Waals surface area contributed by atoms with Crippen LogP contribution in [0.25, 0.3) is 0 Å². The molecule has 6 rings (SSSR count). The van der Waals surface area contributed by atoms with E-state index in [1.165, 1.54) is 19.3 Å². The molecule has 0 radical (unpaired) electrons. The molecule has 3 amide bonds. The van der Waals surface area contributed by atoms with E-state index in [-0.39, 0.29) is 29.6 Å². The number of rotatable bonds is 7. The van der Waals surface area contributed by atoms with E-state index in [0.29, 0.717) is 12.0 Å². The summed E-state index contributed by atoms with van der Waals surface area (Å²) >= 11 is 0. The lowest BCUT2D eigenvalue weighted by Gasteiger charge is -2.56. The highest BCUT2D eigenvalue weighted by atomic mass is 16.2. The monoisotopic (exact) mass is 459 g/mol. The molecule has 0 spiro atoms. The first kappa shape index (κ1) is 22.6. The summed E-state index contributed by atoms with van der Waals surface area (Å²) in [5, 5.41) is 2.96. The van der Waals surface area contributed by atoms with Crippen molar-refractivity contribution in [1.29, 1.82) is 0 Å². The number of hydrogen-bond donors (Lipinski definition) is 3. The van der Waals surface area contributed by atoms with Crippen molar-refractivity contribution < 1.29 is 14.4 Å². The lowest BCUT2D eigenvalue weighted by Crippen LogP contribution is -2.50. The predicted molar refractivity (Wildman–Crippen MR) is 129 cm³/mol. The third-order valence-electron chi connectivity index (χ3n) is 7.97. The summed E-state index contributed by atoms with van der Waals surface area (Å²) in [5.74, 6) is 1.67. The standard InChI is InChI=1S/C28H33N3O3/c32-25(30-31-26(33)18-28-15-19-11-20(16-28)13-21(12-19)17-28)14-24(22-7-3-1-4-8-22)29-27(34)23-9-5-2-6-10-23/h1-10,19-21,24H,11-18H2,(H,29,34)(H,30,32)(H,31,33). The fraction of sp³-hybridized carbons (Fsp3) is 0.464. The summed E-state index contributed by atoms with van der Waals surface area (Å²) in [6.07, 6.45) is 8.00. The van der Waals surface area contributed by atoms with Gasteiger partial charge in [-0.1, -0.05) is 48.5 Å². The molecule has 1 unspecified atom stereocenters. The van der Waals surface area contributed by atoms with Crippen LogP contribution in [0.2, 0.25) is 0 Å². The van der Waals surface area contributed by atoms with E-state index < -0.39 is 6.04 Å². The predicted octanol–water partition coefficient (Wildman–Crippen LogP) is 4.30. The van der Waals surface area contributed by atoms with E-state index in [2.05, 4.69) is 16.2 Å². The molecular weight excluding hydrogens is 426 g/mol. The third kappa shape index (κ3) is 5.16. The van der Waals surface area contributed by atoms with E-state index >= 15 is 0 Å². The average Bonchev–Trinajstić information content (AvgIpc) is 2.82. The molecule has 2 aromatic rings. The number of amides is 3. The van der Waals surface area contributed by atoms with Crippen molar-refractivity contribution in [2.24, 2.45) is 23.2 Å². The Labute approximate surface area is 200 Å². The Morgan fingerprint density at radius 1 is 0.765 bits per heavy atom. The maximum atomic E-state index is 12.8. The molecule has 0 heterocycles. The van der Waals surface area contributed by atoms with E-state index in [0.717, 1.165) is 42.6 Å². The lowest BCUT2D eigenvalue weighted by molar-refractivity contribution is -0.134. The smallest absolute Gasteiger partial charge is 0.251 e.